The summed E-state index contributed by atoms with van der Waals surface area (Å²) < 4.78 is 0. The number of carboxylic acids is 1. The van der Waals surface area contributed by atoms with Crippen molar-refractivity contribution in [3.05, 3.63) is 0 Å². The first-order valence-electron chi connectivity index (χ1n) is 6.36. The van der Waals surface area contributed by atoms with Gasteiger partial charge >= 0.3 is 12.0 Å². The zero-order chi connectivity index (χ0) is 13.7. The molecule has 104 valence electrons. The van der Waals surface area contributed by atoms with Gasteiger partial charge in [0.2, 0.25) is 0 Å². The second-order valence-electron chi connectivity index (χ2n) is 5.31. The quantitative estimate of drug-likeness (QED) is 0.669. The number of likely N-dealkylation sites (N-methyl/N-ethyl adjacent to an activating group) is 1. The highest BCUT2D eigenvalue weighted by Crippen LogP contribution is 2.08. The van der Waals surface area contributed by atoms with Crippen LogP contribution in [0.15, 0.2) is 0 Å². The molecule has 6 heteroatoms. The van der Waals surface area contributed by atoms with Crippen molar-refractivity contribution >= 4 is 12.0 Å². The molecular weight excluding hydrogens is 234 g/mol. The second-order valence-corrected chi connectivity index (χ2v) is 5.31. The summed E-state index contributed by atoms with van der Waals surface area (Å²) >= 11 is 0. The average molecular weight is 257 g/mol. The molecule has 0 saturated carbocycles. The number of carbonyl (C=O) groups is 2. The lowest BCUT2D eigenvalue weighted by Crippen LogP contribution is -2.49. The van der Waals surface area contributed by atoms with E-state index in [0.717, 1.165) is 19.5 Å². The molecule has 18 heavy (non-hydrogen) atoms. The van der Waals surface area contributed by atoms with Gasteiger partial charge < -0.3 is 20.6 Å². The molecule has 2 atom stereocenters. The van der Waals surface area contributed by atoms with Crippen LogP contribution < -0.4 is 10.6 Å². The van der Waals surface area contributed by atoms with Gasteiger partial charge in [0.1, 0.15) is 0 Å². The molecule has 0 aromatic heterocycles. The first-order chi connectivity index (χ1) is 8.38. The van der Waals surface area contributed by atoms with Crippen molar-refractivity contribution in [2.24, 2.45) is 5.92 Å². The number of rotatable bonds is 5. The number of amides is 2. The third-order valence-electron chi connectivity index (χ3n) is 3.24. The van der Waals surface area contributed by atoms with Crippen molar-refractivity contribution in [1.29, 1.82) is 0 Å². The Labute approximate surface area is 108 Å². The Balaban J connectivity index is 2.38. The molecule has 6 nitrogen and oxygen atoms in total. The summed E-state index contributed by atoms with van der Waals surface area (Å²) in [4.78, 5) is 24.6. The van der Waals surface area contributed by atoms with Gasteiger partial charge in [-0.2, -0.15) is 0 Å². The predicted molar refractivity (Wildman–Crippen MR) is 68.4 cm³/mol. The van der Waals surface area contributed by atoms with E-state index < -0.39 is 5.97 Å². The molecule has 1 saturated heterocycles. The SMILES string of the molecule is CC(C)C(CC(=O)O)NC(=O)NC1CCN(C)C1. The fourth-order valence-electron chi connectivity index (χ4n) is 2.09. The lowest BCUT2D eigenvalue weighted by molar-refractivity contribution is -0.137. The molecule has 2 unspecified atom stereocenters. The summed E-state index contributed by atoms with van der Waals surface area (Å²) in [7, 11) is 2.01. The van der Waals surface area contributed by atoms with Gasteiger partial charge in [-0.25, -0.2) is 4.79 Å². The standard InChI is InChI=1S/C12H23N3O3/c1-8(2)10(6-11(16)17)14-12(18)13-9-4-5-15(3)7-9/h8-10H,4-7H2,1-3H3,(H,16,17)(H2,13,14,18). The largest absolute Gasteiger partial charge is 0.481 e. The summed E-state index contributed by atoms with van der Waals surface area (Å²) in [5.74, 6) is -0.798. The Kier molecular flexibility index (Phi) is 5.40. The van der Waals surface area contributed by atoms with Gasteiger partial charge in [0.15, 0.2) is 0 Å². The molecule has 1 heterocycles. The molecular formula is C12H23N3O3. The molecule has 1 aliphatic rings. The van der Waals surface area contributed by atoms with Crippen LogP contribution in [0, 0.1) is 5.92 Å². The number of carbonyl (C=O) groups excluding carboxylic acids is 1. The average Bonchev–Trinajstić information content (AvgIpc) is 2.62. The fraction of sp³-hybridized carbons (Fsp3) is 0.833. The van der Waals surface area contributed by atoms with Gasteiger partial charge in [-0.3, -0.25) is 4.79 Å². The molecule has 1 rings (SSSR count). The van der Waals surface area contributed by atoms with Gasteiger partial charge in [0.05, 0.1) is 6.42 Å². The fourth-order valence-corrected chi connectivity index (χ4v) is 2.09. The maximum Gasteiger partial charge on any atom is 0.315 e. The Morgan fingerprint density at radius 3 is 2.56 bits per heavy atom. The highest BCUT2D eigenvalue weighted by atomic mass is 16.4. The molecule has 0 aliphatic carbocycles. The van der Waals surface area contributed by atoms with Crippen LogP contribution >= 0.6 is 0 Å². The third kappa shape index (κ3) is 4.91. The highest BCUT2D eigenvalue weighted by Gasteiger charge is 2.23. The minimum absolute atomic E-state index is 0.0460. The molecule has 0 aromatic rings. The molecule has 0 aromatic carbocycles. The van der Waals surface area contributed by atoms with E-state index in [1.165, 1.54) is 0 Å². The van der Waals surface area contributed by atoms with Crippen molar-refractivity contribution in [1.82, 2.24) is 15.5 Å². The number of carboxylic acid groups (broad SMARTS) is 1. The van der Waals surface area contributed by atoms with Gasteiger partial charge in [0, 0.05) is 18.6 Å². The number of hydrogen-bond acceptors (Lipinski definition) is 3. The summed E-state index contributed by atoms with van der Waals surface area (Å²) in [6.07, 6.45) is 0.894. The number of hydrogen-bond donors (Lipinski definition) is 3. The number of nitrogens with one attached hydrogen (secondary N) is 2. The van der Waals surface area contributed by atoms with E-state index in [9.17, 15) is 9.59 Å². The number of nitrogens with zero attached hydrogens (tertiary/aromatic N) is 1. The van der Waals surface area contributed by atoms with E-state index in [1.807, 2.05) is 20.9 Å². The van der Waals surface area contributed by atoms with Crippen LogP contribution in [0.1, 0.15) is 26.7 Å². The summed E-state index contributed by atoms with van der Waals surface area (Å²) in [6.45, 7) is 5.63. The van der Waals surface area contributed by atoms with Crippen LogP contribution in [0.5, 0.6) is 0 Å². The molecule has 0 bridgehead atoms. The van der Waals surface area contributed by atoms with Crippen molar-refractivity contribution in [3.63, 3.8) is 0 Å². The Bertz CT molecular complexity index is 307. The van der Waals surface area contributed by atoms with Crippen LogP contribution in [-0.4, -0.2) is 54.2 Å². The number of aliphatic carboxylic acids is 1. The van der Waals surface area contributed by atoms with E-state index in [0.29, 0.717) is 0 Å². The first-order valence-corrected chi connectivity index (χ1v) is 6.36. The van der Waals surface area contributed by atoms with E-state index in [-0.39, 0.29) is 30.5 Å². The van der Waals surface area contributed by atoms with E-state index in [4.69, 9.17) is 5.11 Å². The van der Waals surface area contributed by atoms with Gasteiger partial charge in [-0.1, -0.05) is 13.8 Å². The Morgan fingerprint density at radius 1 is 1.44 bits per heavy atom. The zero-order valence-corrected chi connectivity index (χ0v) is 11.3. The summed E-state index contributed by atoms with van der Waals surface area (Å²) in [5.41, 5.74) is 0. The molecule has 0 spiro atoms. The second kappa shape index (κ2) is 6.58. The lowest BCUT2D eigenvalue weighted by Gasteiger charge is -2.22. The highest BCUT2D eigenvalue weighted by molar-refractivity contribution is 5.76. The monoisotopic (exact) mass is 257 g/mol. The van der Waals surface area contributed by atoms with Gasteiger partial charge in [-0.15, -0.1) is 0 Å². The van der Waals surface area contributed by atoms with E-state index in [1.54, 1.807) is 0 Å². The van der Waals surface area contributed by atoms with Gasteiger partial charge in [-0.05, 0) is 25.9 Å². The lowest BCUT2D eigenvalue weighted by atomic mass is 10.0. The minimum atomic E-state index is -0.894. The third-order valence-corrected chi connectivity index (χ3v) is 3.24. The zero-order valence-electron chi connectivity index (χ0n) is 11.3. The number of urea groups is 1. The van der Waals surface area contributed by atoms with Crippen LogP contribution in [0.25, 0.3) is 0 Å². The van der Waals surface area contributed by atoms with Crippen LogP contribution in [0.2, 0.25) is 0 Å². The van der Waals surface area contributed by atoms with Gasteiger partial charge in [0.25, 0.3) is 0 Å². The first kappa shape index (κ1) is 14.8. The smallest absolute Gasteiger partial charge is 0.315 e. The maximum absolute atomic E-state index is 11.8. The van der Waals surface area contributed by atoms with Crippen molar-refractivity contribution < 1.29 is 14.7 Å². The molecule has 1 fully saturated rings. The molecule has 0 radical (unpaired) electrons. The summed E-state index contributed by atoms with van der Waals surface area (Å²) in [5, 5.41) is 14.4. The van der Waals surface area contributed by atoms with Crippen LogP contribution in [0.3, 0.4) is 0 Å². The Hall–Kier alpha value is -1.30. The predicted octanol–water partition coefficient (Wildman–Crippen LogP) is 0.489. The number of likely N-dealkylation sites (tertiary alicyclic amines) is 1. The van der Waals surface area contributed by atoms with Crippen LogP contribution in [0.4, 0.5) is 4.79 Å². The van der Waals surface area contributed by atoms with E-state index in [2.05, 4.69) is 15.5 Å². The molecule has 2 amide bonds. The summed E-state index contributed by atoms with van der Waals surface area (Å²) in [6, 6.07) is -0.440. The normalized spacial score (nSPS) is 21.9. The van der Waals surface area contributed by atoms with Crippen LogP contribution in [-0.2, 0) is 4.79 Å². The molecule has 1 aliphatic heterocycles. The minimum Gasteiger partial charge on any atom is -0.481 e. The maximum atomic E-state index is 11.8. The van der Waals surface area contributed by atoms with E-state index >= 15 is 0 Å². The van der Waals surface area contributed by atoms with Crippen molar-refractivity contribution in [2.75, 3.05) is 20.1 Å². The van der Waals surface area contributed by atoms with Crippen molar-refractivity contribution in [2.45, 2.75) is 38.8 Å². The Morgan fingerprint density at radius 2 is 2.11 bits per heavy atom. The molecule has 3 N–H and O–H groups in total. The topological polar surface area (TPSA) is 81.7 Å². The van der Waals surface area contributed by atoms with Crippen molar-refractivity contribution in [3.8, 4) is 0 Å².